The van der Waals surface area contributed by atoms with Crippen molar-refractivity contribution in [1.82, 2.24) is 60.8 Å². The first-order valence-corrected chi connectivity index (χ1v) is 33.7. The average molecular weight is 1590 g/mol. The Hall–Kier alpha value is -10.2. The van der Waals surface area contributed by atoms with E-state index < -0.39 is 23.4 Å². The van der Waals surface area contributed by atoms with Gasteiger partial charge in [0.2, 0.25) is 0 Å². The van der Waals surface area contributed by atoms with Gasteiger partial charge in [0.05, 0.1) is 48.3 Å². The number of hydrogen-bond donors (Lipinski definition) is 8. The Morgan fingerprint density at radius 2 is 0.782 bits per heavy atom. The summed E-state index contributed by atoms with van der Waals surface area (Å²) in [4.78, 5) is 108. The molecule has 15 aromatic rings. The topological polar surface area (TPSA) is 371 Å². The van der Waals surface area contributed by atoms with E-state index in [0.717, 1.165) is 38.2 Å². The molecule has 10 N–H and O–H groups in total. The van der Waals surface area contributed by atoms with E-state index in [1.165, 1.54) is 49.2 Å². The van der Waals surface area contributed by atoms with Crippen molar-refractivity contribution in [3.05, 3.63) is 318 Å². The van der Waals surface area contributed by atoms with E-state index in [-0.39, 0.29) is 165 Å². The van der Waals surface area contributed by atoms with Gasteiger partial charge in [0, 0.05) is 178 Å². The number of aromatic nitrogens is 9. The van der Waals surface area contributed by atoms with Gasteiger partial charge in [-0.05, 0) is 178 Å². The molecule has 0 unspecified atom stereocenters. The molecule has 0 radical (unpaired) electrons. The number of nitrogens with one attached hydrogen (secondary N) is 6. The standard InChI is InChI=1S/2C26H19ClFN5O2.C26H17ClFN5O.CH2O3.2K.H/c2*27-19-9-17-5-14(7-21(25(29)34)24(17)32-13-19)6-20-10-16(2-3-30-20)26(35)33-12-18-8-15-1-4-31-23(15)11-22(18)28;27-21-9-18-5-15(6-19(12-29)25(18)32-14-21)7-22-10-17(2-3-30-22)26(34)33-13-20-8-16-1-4-31-24(16)11-23(20)28;2-1-4-3;;;/h2*1-5,7-11,13,31H,6,12H2,(H2,29,34)(H,33,35);1-6,8-11,14,31H,7,13H2,(H,33,34);1,3H;;;/q;;;;2*+1;-1/p-1. The minimum atomic E-state index is -0.599. The average Bonchev–Trinajstić information content (AvgIpc) is 1.50. The summed E-state index contributed by atoms with van der Waals surface area (Å²) in [6.07, 6.45) is 15.4. The number of rotatable bonds is 18. The van der Waals surface area contributed by atoms with Gasteiger partial charge in [-0.15, -0.1) is 0 Å². The van der Waals surface area contributed by atoms with Crippen LogP contribution in [-0.4, -0.2) is 80.9 Å². The number of H-pyrrole nitrogens is 3. The van der Waals surface area contributed by atoms with Crippen LogP contribution in [0.2, 0.25) is 15.1 Å². The maximum absolute atomic E-state index is 14.4. The summed E-state index contributed by atoms with van der Waals surface area (Å²) in [6, 6.07) is 42.7. The molecule has 0 atom stereocenters. The summed E-state index contributed by atoms with van der Waals surface area (Å²) >= 11 is 18.2. The zero-order valence-electron chi connectivity index (χ0n) is 59.2. The Balaban J connectivity index is 0.000000184. The monoisotopic (exact) mass is 1580 g/mol. The Morgan fingerprint density at radius 3 is 1.10 bits per heavy atom. The summed E-state index contributed by atoms with van der Waals surface area (Å²) < 4.78 is 43.0. The molecule has 9 heterocycles. The Kier molecular flexibility index (Phi) is 28.4. The summed E-state index contributed by atoms with van der Waals surface area (Å²) in [6.45, 7) is -0.0267. The molecule has 0 aliphatic heterocycles. The van der Waals surface area contributed by atoms with Crippen LogP contribution in [0.1, 0.15) is 109 Å². The molecule has 15 rings (SSSR count). The van der Waals surface area contributed by atoms with Crippen molar-refractivity contribution in [2.24, 2.45) is 11.5 Å². The number of primary amides is 2. The molecule has 0 bridgehead atoms. The van der Waals surface area contributed by atoms with Crippen LogP contribution in [-0.2, 0) is 48.6 Å². The van der Waals surface area contributed by atoms with Gasteiger partial charge in [0.1, 0.15) is 23.5 Å². The Morgan fingerprint density at radius 1 is 0.464 bits per heavy atom. The Labute approximate surface area is 724 Å². The molecule has 9 aromatic heterocycles. The molecule has 0 aliphatic rings. The van der Waals surface area contributed by atoms with Gasteiger partial charge in [-0.2, -0.15) is 5.26 Å². The molecule has 110 heavy (non-hydrogen) atoms. The first-order valence-electron chi connectivity index (χ1n) is 32.6. The van der Waals surface area contributed by atoms with Gasteiger partial charge in [-0.1, -0.05) is 34.8 Å². The van der Waals surface area contributed by atoms with Crippen molar-refractivity contribution in [3.63, 3.8) is 0 Å². The fourth-order valence-corrected chi connectivity index (χ4v) is 12.5. The summed E-state index contributed by atoms with van der Waals surface area (Å²) in [7, 11) is 0. The van der Waals surface area contributed by atoms with Crippen LogP contribution in [0.3, 0.4) is 0 Å². The van der Waals surface area contributed by atoms with Crippen LogP contribution < -0.4 is 135 Å². The molecule has 540 valence electrons. The van der Waals surface area contributed by atoms with Crippen molar-refractivity contribution < 1.29 is 156 Å². The minimum absolute atomic E-state index is 0. The number of benzene rings is 6. The summed E-state index contributed by atoms with van der Waals surface area (Å²) in [5, 5.41) is 32.3. The molecule has 0 saturated carbocycles. The third-order valence-electron chi connectivity index (χ3n) is 17.0. The van der Waals surface area contributed by atoms with Crippen molar-refractivity contribution >= 4 is 136 Å². The number of aromatic amines is 3. The van der Waals surface area contributed by atoms with Gasteiger partial charge >= 0.3 is 103 Å². The van der Waals surface area contributed by atoms with Crippen LogP contribution >= 0.6 is 34.8 Å². The van der Waals surface area contributed by atoms with E-state index in [1.54, 1.807) is 116 Å². The number of nitrogens with two attached hydrogens (primary N) is 2. The number of amides is 5. The minimum Gasteiger partial charge on any atom is -1.00 e. The molecule has 23 nitrogen and oxygen atoms in total. The van der Waals surface area contributed by atoms with Crippen LogP contribution in [0, 0.1) is 28.8 Å². The van der Waals surface area contributed by atoms with Gasteiger partial charge in [-0.3, -0.25) is 58.7 Å². The molecule has 0 spiro atoms. The fourth-order valence-electron chi connectivity index (χ4n) is 12.0. The number of carbonyl (C=O) groups excluding carboxylic acids is 6. The second-order valence-electron chi connectivity index (χ2n) is 24.4. The molecule has 0 saturated heterocycles. The summed E-state index contributed by atoms with van der Waals surface area (Å²) in [5.41, 5.74) is 22.4. The SMILES string of the molecule is N#Cc1cc(Cc2cc(C(=O)NCc3cc4cc[nH]c4cc3F)ccn2)cc2cc(Cl)cnc12.NC(=O)c1cc(Cc2cc(C(=O)NCc3cc4cc[nH]c4cc3F)ccn2)cc2cc(Cl)cnc12.NC(=O)c1cc(Cc2cc(C(=O)NCc3cc4cc[nH]c4cc3F)ccn2)cc2cc(Cl)cnc12.O=CO[O-].[H-].[K+].[K+]. The Bertz CT molecular complexity index is 5850. The van der Waals surface area contributed by atoms with Gasteiger partial charge in [0.15, 0.2) is 0 Å². The molecule has 0 aliphatic carbocycles. The van der Waals surface area contributed by atoms with Crippen molar-refractivity contribution in [2.75, 3.05) is 0 Å². The number of nitriles is 1. The molecule has 6 aromatic carbocycles. The smallest absolute Gasteiger partial charge is 1.00 e. The quantitative estimate of drug-likeness (QED) is 0.0187. The third kappa shape index (κ3) is 20.6. The summed E-state index contributed by atoms with van der Waals surface area (Å²) in [5.74, 6) is -3.41. The zero-order valence-corrected chi connectivity index (χ0v) is 66.7. The second-order valence-corrected chi connectivity index (χ2v) is 25.7. The van der Waals surface area contributed by atoms with Crippen LogP contribution in [0.5, 0.6) is 0 Å². The van der Waals surface area contributed by atoms with E-state index in [4.69, 9.17) is 56.3 Å². The van der Waals surface area contributed by atoms with Crippen molar-refractivity contribution in [3.8, 4) is 6.07 Å². The van der Waals surface area contributed by atoms with E-state index in [1.807, 2.05) is 36.4 Å². The van der Waals surface area contributed by atoms with Gasteiger partial charge < -0.3 is 53.9 Å². The van der Waals surface area contributed by atoms with E-state index in [0.29, 0.717) is 134 Å². The number of halogens is 6. The molecular weight excluding hydrogens is 1530 g/mol. The van der Waals surface area contributed by atoms with Crippen molar-refractivity contribution in [2.45, 2.75) is 38.9 Å². The predicted octanol–water partition coefficient (Wildman–Crippen LogP) is 6.90. The predicted molar refractivity (Wildman–Crippen MR) is 400 cm³/mol. The number of pyridine rings is 6. The second kappa shape index (κ2) is 38.0. The molecular formula is C79H57Cl3F3K2N15O8. The number of fused-ring (bicyclic) bond motifs is 6. The van der Waals surface area contributed by atoms with Gasteiger partial charge in [-0.25, -0.2) is 13.2 Å². The maximum Gasteiger partial charge on any atom is 1.00 e. The normalized spacial score (nSPS) is 10.7. The van der Waals surface area contributed by atoms with Crippen LogP contribution in [0.15, 0.2) is 201 Å². The number of nitrogens with zero attached hydrogens (tertiary/aromatic N) is 7. The van der Waals surface area contributed by atoms with Crippen LogP contribution in [0.4, 0.5) is 13.2 Å². The molecule has 31 heteroatoms. The maximum atomic E-state index is 14.4. The first kappa shape index (κ1) is 82.3. The van der Waals surface area contributed by atoms with E-state index >= 15 is 0 Å². The van der Waals surface area contributed by atoms with E-state index in [9.17, 15) is 42.4 Å². The molecule has 5 amide bonds. The van der Waals surface area contributed by atoms with Crippen molar-refractivity contribution in [1.29, 1.82) is 5.26 Å². The third-order valence-corrected chi connectivity index (χ3v) is 17.6. The fraction of sp³-hybridized carbons (Fsp3) is 0.0759. The first-order chi connectivity index (χ1) is 52.1. The molecule has 0 fully saturated rings. The van der Waals surface area contributed by atoms with E-state index in [2.05, 4.69) is 71.8 Å². The van der Waals surface area contributed by atoms with Crippen LogP contribution in [0.25, 0.3) is 65.4 Å². The largest absolute Gasteiger partial charge is 1.00 e. The van der Waals surface area contributed by atoms with Gasteiger partial charge in [0.25, 0.3) is 36.0 Å². The number of carbonyl (C=O) groups is 6. The number of hydrogen-bond acceptors (Lipinski definition) is 15. The zero-order chi connectivity index (χ0) is 76.1.